The Kier molecular flexibility index (Phi) is 8.52. The van der Waals surface area contributed by atoms with Crippen molar-refractivity contribution in [3.05, 3.63) is 258 Å². The van der Waals surface area contributed by atoms with Gasteiger partial charge in [-0.3, -0.25) is 0 Å². The third-order valence-corrected chi connectivity index (χ3v) is 18.7. The molecule has 0 saturated heterocycles. The molecule has 0 aliphatic heterocycles. The first-order chi connectivity index (χ1) is 35.6. The minimum absolute atomic E-state index is 0.0868. The molecule has 6 atom stereocenters. The lowest BCUT2D eigenvalue weighted by Gasteiger charge is -2.51. The minimum Gasteiger partial charge on any atom is -0.456 e. The number of para-hydroxylation sites is 1. The Morgan fingerprint density at radius 2 is 1.01 bits per heavy atom. The molecule has 2 bridgehead atoms. The predicted octanol–water partition coefficient (Wildman–Crippen LogP) is 18.3. The summed E-state index contributed by atoms with van der Waals surface area (Å²) in [5.74, 6) is 3.29. The second-order valence-corrected chi connectivity index (χ2v) is 22.0. The van der Waals surface area contributed by atoms with Crippen LogP contribution in [0.2, 0.25) is 0 Å². The van der Waals surface area contributed by atoms with Gasteiger partial charge in [0.15, 0.2) is 0 Å². The molecule has 0 N–H and O–H groups in total. The number of rotatable bonds is 5. The molecule has 2 nitrogen and oxygen atoms in total. The van der Waals surface area contributed by atoms with Crippen LogP contribution in [-0.2, 0) is 10.8 Å². The van der Waals surface area contributed by atoms with Crippen LogP contribution in [0.25, 0.3) is 66.1 Å². The molecule has 10 aromatic carbocycles. The normalized spacial score (nSPS) is 22.6. The summed E-state index contributed by atoms with van der Waals surface area (Å²) in [5.41, 5.74) is 21.4. The molecule has 11 aromatic rings. The van der Waals surface area contributed by atoms with E-state index >= 15 is 0 Å². The number of furan rings is 1. The van der Waals surface area contributed by atoms with Gasteiger partial charge in [-0.25, -0.2) is 0 Å². The summed E-state index contributed by atoms with van der Waals surface area (Å²) < 4.78 is 6.39. The van der Waals surface area contributed by atoms with E-state index in [1.165, 1.54) is 103 Å². The average Bonchev–Trinajstić information content (AvgIpc) is 4.14. The predicted molar refractivity (Wildman–Crippen MR) is 297 cm³/mol. The van der Waals surface area contributed by atoms with Gasteiger partial charge in [0.05, 0.1) is 11.1 Å². The van der Waals surface area contributed by atoms with Crippen LogP contribution in [-0.4, -0.2) is 0 Å². The van der Waals surface area contributed by atoms with E-state index in [2.05, 4.69) is 236 Å². The fourth-order valence-corrected chi connectivity index (χ4v) is 16.5. The van der Waals surface area contributed by atoms with Crippen molar-refractivity contribution in [3.8, 4) is 33.4 Å². The summed E-state index contributed by atoms with van der Waals surface area (Å²) >= 11 is 0. The van der Waals surface area contributed by atoms with Gasteiger partial charge < -0.3 is 9.32 Å². The number of anilines is 3. The van der Waals surface area contributed by atoms with Crippen molar-refractivity contribution >= 4 is 49.8 Å². The summed E-state index contributed by atoms with van der Waals surface area (Å²) in [6.07, 6.45) is 5.32. The Morgan fingerprint density at radius 3 is 1.79 bits per heavy atom. The van der Waals surface area contributed by atoms with Gasteiger partial charge in [0.2, 0.25) is 0 Å². The fourth-order valence-electron chi connectivity index (χ4n) is 16.5. The monoisotopic (exact) mass is 923 g/mol. The number of hydrogen-bond acceptors (Lipinski definition) is 2. The largest absolute Gasteiger partial charge is 0.456 e. The maximum Gasteiger partial charge on any atom is 0.136 e. The second kappa shape index (κ2) is 15.0. The number of fused-ring (bicyclic) bond motifs is 13. The lowest BCUT2D eigenvalue weighted by atomic mass is 9.53. The Morgan fingerprint density at radius 1 is 0.431 bits per heavy atom. The number of hydrogen-bond donors (Lipinski definition) is 0. The first-order valence-electron chi connectivity index (χ1n) is 26.4. The molecule has 1 aromatic heterocycles. The van der Waals surface area contributed by atoms with Gasteiger partial charge in [0, 0.05) is 32.9 Å². The highest BCUT2D eigenvalue weighted by Crippen LogP contribution is 2.77. The molecule has 0 radical (unpaired) electrons. The molecular weight excluding hydrogens is 871 g/mol. The van der Waals surface area contributed by atoms with Crippen LogP contribution in [0, 0.1) is 23.7 Å². The Bertz CT molecular complexity index is 3960. The van der Waals surface area contributed by atoms with Crippen LogP contribution in [0.1, 0.15) is 71.9 Å². The fraction of sp³-hybridized carbons (Fsp3) is 0.171. The summed E-state index contributed by atoms with van der Waals surface area (Å²) in [6.45, 7) is 2.54. The molecule has 16 rings (SSSR count). The van der Waals surface area contributed by atoms with Crippen molar-refractivity contribution in [1.82, 2.24) is 0 Å². The van der Waals surface area contributed by atoms with Gasteiger partial charge in [0.1, 0.15) is 11.2 Å². The van der Waals surface area contributed by atoms with E-state index in [0.717, 1.165) is 33.5 Å². The van der Waals surface area contributed by atoms with Gasteiger partial charge >= 0.3 is 0 Å². The average molecular weight is 924 g/mol. The molecule has 0 amide bonds. The molecular formula is C70H53NO. The van der Waals surface area contributed by atoms with Gasteiger partial charge in [-0.15, -0.1) is 0 Å². The van der Waals surface area contributed by atoms with E-state index in [4.69, 9.17) is 4.42 Å². The first-order valence-corrected chi connectivity index (χ1v) is 26.4. The quantitative estimate of drug-likeness (QED) is 0.171. The standard InChI is InChI=1S/C70H53NO/c1-43-38-47-40-46-41-48(39-43)69(47)62-37-36-50(42-63(62)70(61-28-12-8-23-57(61)68(46)69)59-26-10-6-21-54(59)55-22-7-11-27-60(55)70)71(64-29-14-17-44-16-2-3-19-52(44)64)49-34-32-45(33-35-49)51-18-4-5-20-53(51)56-25-15-31-66-67(56)58-24-9-13-30-65(58)72-66/h2-37,42-43,46-48,68H,38-41H2,1H3/t43?,46?,47-,48+,68?,69?. The topological polar surface area (TPSA) is 16.4 Å². The van der Waals surface area contributed by atoms with Crippen molar-refractivity contribution in [2.75, 3.05) is 4.90 Å². The zero-order chi connectivity index (χ0) is 47.3. The van der Waals surface area contributed by atoms with Gasteiger partial charge in [0.25, 0.3) is 0 Å². The first kappa shape index (κ1) is 40.8. The molecule has 3 fully saturated rings. The van der Waals surface area contributed by atoms with Crippen molar-refractivity contribution in [2.45, 2.75) is 49.4 Å². The summed E-state index contributed by atoms with van der Waals surface area (Å²) in [7, 11) is 0. The van der Waals surface area contributed by atoms with E-state index in [9.17, 15) is 0 Å². The van der Waals surface area contributed by atoms with Crippen LogP contribution in [0.5, 0.6) is 0 Å². The number of nitrogens with zero attached hydrogens (tertiary/aromatic N) is 1. The van der Waals surface area contributed by atoms with Gasteiger partial charge in [-0.05, 0) is 170 Å². The molecule has 3 saturated carbocycles. The second-order valence-electron chi connectivity index (χ2n) is 22.0. The molecule has 72 heavy (non-hydrogen) atoms. The van der Waals surface area contributed by atoms with Crippen LogP contribution >= 0.6 is 0 Å². The summed E-state index contributed by atoms with van der Waals surface area (Å²) in [5, 5.41) is 4.77. The SMILES string of the molecule is CC1C[C@@H]2CC3C[C@H](C1)C21c2ccc(N(c4ccc(-c5ccccc5-c5cccc6oc7ccccc7c56)cc4)c4cccc5ccccc45)cc2C2(c4ccccc4-c4ccccc42)c2ccccc2C31. The van der Waals surface area contributed by atoms with E-state index in [1.54, 1.807) is 11.1 Å². The van der Waals surface area contributed by atoms with E-state index in [-0.39, 0.29) is 5.41 Å². The highest BCUT2D eigenvalue weighted by molar-refractivity contribution is 6.13. The van der Waals surface area contributed by atoms with Crippen molar-refractivity contribution < 1.29 is 4.42 Å². The lowest BCUT2D eigenvalue weighted by molar-refractivity contribution is 0.0823. The van der Waals surface area contributed by atoms with Crippen molar-refractivity contribution in [1.29, 1.82) is 0 Å². The molecule has 344 valence electrons. The van der Waals surface area contributed by atoms with Crippen LogP contribution < -0.4 is 4.90 Å². The maximum atomic E-state index is 6.39. The third kappa shape index (κ3) is 5.29. The number of benzene rings is 10. The van der Waals surface area contributed by atoms with Gasteiger partial charge in [-0.1, -0.05) is 189 Å². The molecule has 5 aliphatic rings. The van der Waals surface area contributed by atoms with Crippen molar-refractivity contribution in [3.63, 3.8) is 0 Å². The summed E-state index contributed by atoms with van der Waals surface area (Å²) in [4.78, 5) is 2.57. The summed E-state index contributed by atoms with van der Waals surface area (Å²) in [6, 6.07) is 85.4. The molecule has 2 heteroatoms. The Hall–Kier alpha value is -7.94. The van der Waals surface area contributed by atoms with Crippen LogP contribution in [0.3, 0.4) is 0 Å². The maximum absolute atomic E-state index is 6.39. The van der Waals surface area contributed by atoms with E-state index in [0.29, 0.717) is 23.7 Å². The van der Waals surface area contributed by atoms with E-state index in [1.807, 2.05) is 0 Å². The van der Waals surface area contributed by atoms with E-state index < -0.39 is 5.41 Å². The Balaban J connectivity index is 0.946. The minimum atomic E-state index is -0.491. The third-order valence-electron chi connectivity index (χ3n) is 18.7. The zero-order valence-electron chi connectivity index (χ0n) is 40.4. The molecule has 5 aliphatic carbocycles. The lowest BCUT2D eigenvalue weighted by Crippen LogP contribution is -2.46. The molecule has 2 spiro atoms. The zero-order valence-corrected chi connectivity index (χ0v) is 40.4. The highest BCUT2D eigenvalue weighted by atomic mass is 16.3. The Labute approximate surface area is 421 Å². The van der Waals surface area contributed by atoms with Crippen LogP contribution in [0.4, 0.5) is 17.1 Å². The van der Waals surface area contributed by atoms with Crippen LogP contribution in [0.15, 0.2) is 229 Å². The molecule has 1 heterocycles. The smallest absolute Gasteiger partial charge is 0.136 e. The van der Waals surface area contributed by atoms with Gasteiger partial charge in [-0.2, -0.15) is 0 Å². The van der Waals surface area contributed by atoms with Crippen molar-refractivity contribution in [2.24, 2.45) is 23.7 Å². The molecule has 4 unspecified atom stereocenters. The highest BCUT2D eigenvalue weighted by Gasteiger charge is 2.70.